The molecule has 1 heterocycles. The average Bonchev–Trinajstić information content (AvgIpc) is 3.11. The average molecular weight is 318 g/mol. The summed E-state index contributed by atoms with van der Waals surface area (Å²) in [6, 6.07) is 7.04. The van der Waals surface area contributed by atoms with E-state index in [1.54, 1.807) is 29.2 Å². The normalized spacial score (nSPS) is 13.9. The Hall–Kier alpha value is -2.04. The first kappa shape index (κ1) is 17.3. The van der Waals surface area contributed by atoms with Crippen LogP contribution in [0.3, 0.4) is 0 Å². The molecule has 1 N–H and O–H groups in total. The number of rotatable bonds is 8. The largest absolute Gasteiger partial charge is 0.494 e. The summed E-state index contributed by atoms with van der Waals surface area (Å²) in [5, 5.41) is 2.68. The minimum atomic E-state index is -0.227. The summed E-state index contributed by atoms with van der Waals surface area (Å²) in [6.45, 7) is 4.53. The first-order valence-corrected chi connectivity index (χ1v) is 8.49. The molecule has 1 aromatic carbocycles. The van der Waals surface area contributed by atoms with Crippen LogP contribution in [-0.2, 0) is 4.79 Å². The molecule has 1 fully saturated rings. The van der Waals surface area contributed by atoms with E-state index in [9.17, 15) is 9.59 Å². The van der Waals surface area contributed by atoms with Crippen molar-refractivity contribution in [1.29, 1.82) is 0 Å². The van der Waals surface area contributed by atoms with Gasteiger partial charge in [-0.15, -0.1) is 0 Å². The molecule has 0 unspecified atom stereocenters. The van der Waals surface area contributed by atoms with Crippen molar-refractivity contribution >= 4 is 11.8 Å². The van der Waals surface area contributed by atoms with Crippen molar-refractivity contribution in [2.24, 2.45) is 0 Å². The Kier molecular flexibility index (Phi) is 6.91. The molecule has 0 spiro atoms. The SMILES string of the molecule is CCCCCOc1ccc(C(=O)NCC(=O)N2CCCC2)cc1. The Morgan fingerprint density at radius 3 is 2.48 bits per heavy atom. The Labute approximate surface area is 138 Å². The summed E-state index contributed by atoms with van der Waals surface area (Å²) >= 11 is 0. The number of benzene rings is 1. The number of likely N-dealkylation sites (tertiary alicyclic amines) is 1. The molecule has 0 aliphatic carbocycles. The van der Waals surface area contributed by atoms with E-state index in [-0.39, 0.29) is 18.4 Å². The molecule has 0 atom stereocenters. The second-order valence-corrected chi connectivity index (χ2v) is 5.85. The van der Waals surface area contributed by atoms with Crippen molar-refractivity contribution in [3.05, 3.63) is 29.8 Å². The molecule has 0 bridgehead atoms. The van der Waals surface area contributed by atoms with Crippen molar-refractivity contribution in [3.63, 3.8) is 0 Å². The fraction of sp³-hybridized carbons (Fsp3) is 0.556. The third kappa shape index (κ3) is 5.58. The van der Waals surface area contributed by atoms with Gasteiger partial charge < -0.3 is 15.0 Å². The minimum absolute atomic E-state index is 0.00766. The molecule has 0 radical (unpaired) electrons. The molecule has 1 saturated heterocycles. The molecule has 126 valence electrons. The van der Waals surface area contributed by atoms with Crippen LogP contribution in [0.5, 0.6) is 5.75 Å². The minimum Gasteiger partial charge on any atom is -0.494 e. The van der Waals surface area contributed by atoms with E-state index in [4.69, 9.17) is 4.74 Å². The molecule has 0 saturated carbocycles. The van der Waals surface area contributed by atoms with Crippen LogP contribution in [0.1, 0.15) is 49.4 Å². The number of unbranched alkanes of at least 4 members (excludes halogenated alkanes) is 2. The number of amides is 2. The molecule has 0 aromatic heterocycles. The van der Waals surface area contributed by atoms with E-state index >= 15 is 0 Å². The van der Waals surface area contributed by atoms with Gasteiger partial charge in [0.25, 0.3) is 5.91 Å². The third-order valence-electron chi connectivity index (χ3n) is 3.99. The van der Waals surface area contributed by atoms with Crippen LogP contribution >= 0.6 is 0 Å². The molecule has 1 aliphatic heterocycles. The zero-order chi connectivity index (χ0) is 16.5. The Morgan fingerprint density at radius 2 is 1.83 bits per heavy atom. The van der Waals surface area contributed by atoms with Crippen LogP contribution < -0.4 is 10.1 Å². The predicted octanol–water partition coefficient (Wildman–Crippen LogP) is 2.61. The lowest BCUT2D eigenvalue weighted by atomic mass is 10.2. The fourth-order valence-corrected chi connectivity index (χ4v) is 2.58. The number of nitrogens with one attached hydrogen (secondary N) is 1. The highest BCUT2D eigenvalue weighted by molar-refractivity contribution is 5.96. The zero-order valence-electron chi connectivity index (χ0n) is 13.8. The van der Waals surface area contributed by atoms with Gasteiger partial charge in [-0.2, -0.15) is 0 Å². The van der Waals surface area contributed by atoms with Gasteiger partial charge in [0.1, 0.15) is 5.75 Å². The molecular weight excluding hydrogens is 292 g/mol. The summed E-state index contributed by atoms with van der Waals surface area (Å²) in [7, 11) is 0. The van der Waals surface area contributed by atoms with Gasteiger partial charge in [0.05, 0.1) is 13.2 Å². The van der Waals surface area contributed by atoms with Gasteiger partial charge in [-0.05, 0) is 43.5 Å². The maximum absolute atomic E-state index is 12.1. The van der Waals surface area contributed by atoms with E-state index in [1.807, 2.05) is 0 Å². The number of hydrogen-bond acceptors (Lipinski definition) is 3. The number of ether oxygens (including phenoxy) is 1. The maximum Gasteiger partial charge on any atom is 0.251 e. The van der Waals surface area contributed by atoms with Crippen molar-refractivity contribution in [2.45, 2.75) is 39.0 Å². The lowest BCUT2D eigenvalue weighted by Gasteiger charge is -2.15. The van der Waals surface area contributed by atoms with Gasteiger partial charge in [-0.1, -0.05) is 19.8 Å². The van der Waals surface area contributed by atoms with Gasteiger partial charge in [-0.25, -0.2) is 0 Å². The topological polar surface area (TPSA) is 58.6 Å². The molecule has 1 aromatic rings. The summed E-state index contributed by atoms with van der Waals surface area (Å²) in [6.07, 6.45) is 5.47. The lowest BCUT2D eigenvalue weighted by Crippen LogP contribution is -2.38. The number of hydrogen-bond donors (Lipinski definition) is 1. The number of carbonyl (C=O) groups excluding carboxylic acids is 2. The molecule has 23 heavy (non-hydrogen) atoms. The maximum atomic E-state index is 12.1. The Bertz CT molecular complexity index is 508. The van der Waals surface area contributed by atoms with Crippen LogP contribution in [0, 0.1) is 0 Å². The van der Waals surface area contributed by atoms with Gasteiger partial charge in [-0.3, -0.25) is 9.59 Å². The summed E-state index contributed by atoms with van der Waals surface area (Å²) in [5.41, 5.74) is 0.542. The van der Waals surface area contributed by atoms with E-state index in [0.29, 0.717) is 12.2 Å². The smallest absolute Gasteiger partial charge is 0.251 e. The molecule has 1 aliphatic rings. The molecule has 5 heteroatoms. The highest BCUT2D eigenvalue weighted by Crippen LogP contribution is 2.13. The third-order valence-corrected chi connectivity index (χ3v) is 3.99. The molecular formula is C18H26N2O3. The van der Waals surface area contributed by atoms with Gasteiger partial charge in [0, 0.05) is 18.7 Å². The van der Waals surface area contributed by atoms with Crippen LogP contribution in [0.25, 0.3) is 0 Å². The van der Waals surface area contributed by atoms with Crippen LogP contribution in [0.15, 0.2) is 24.3 Å². The van der Waals surface area contributed by atoms with Crippen LogP contribution in [-0.4, -0.2) is 43.0 Å². The van der Waals surface area contributed by atoms with Crippen molar-refractivity contribution in [1.82, 2.24) is 10.2 Å². The number of nitrogens with zero attached hydrogens (tertiary/aromatic N) is 1. The van der Waals surface area contributed by atoms with Crippen LogP contribution in [0.2, 0.25) is 0 Å². The first-order chi connectivity index (χ1) is 11.2. The van der Waals surface area contributed by atoms with Gasteiger partial charge in [0.2, 0.25) is 5.91 Å². The quantitative estimate of drug-likeness (QED) is 0.750. The Balaban J connectivity index is 1.74. The zero-order valence-corrected chi connectivity index (χ0v) is 13.8. The lowest BCUT2D eigenvalue weighted by molar-refractivity contribution is -0.129. The highest BCUT2D eigenvalue weighted by Gasteiger charge is 2.18. The summed E-state index contributed by atoms with van der Waals surface area (Å²) in [4.78, 5) is 25.7. The standard InChI is InChI=1S/C18H26N2O3/c1-2-3-6-13-23-16-9-7-15(8-10-16)18(22)19-14-17(21)20-11-4-5-12-20/h7-10H,2-6,11-14H2,1H3,(H,19,22). The molecule has 2 rings (SSSR count). The van der Waals surface area contributed by atoms with Crippen LogP contribution in [0.4, 0.5) is 0 Å². The van der Waals surface area contributed by atoms with Crippen molar-refractivity contribution in [3.8, 4) is 5.75 Å². The second kappa shape index (κ2) is 9.18. The van der Waals surface area contributed by atoms with Gasteiger partial charge >= 0.3 is 0 Å². The van der Waals surface area contributed by atoms with Crippen molar-refractivity contribution in [2.75, 3.05) is 26.2 Å². The second-order valence-electron chi connectivity index (χ2n) is 5.85. The van der Waals surface area contributed by atoms with E-state index in [2.05, 4.69) is 12.2 Å². The molecule has 2 amide bonds. The van der Waals surface area contributed by atoms with E-state index in [0.717, 1.165) is 44.5 Å². The molecule has 5 nitrogen and oxygen atoms in total. The van der Waals surface area contributed by atoms with E-state index in [1.165, 1.54) is 6.42 Å². The predicted molar refractivity (Wildman–Crippen MR) is 89.6 cm³/mol. The Morgan fingerprint density at radius 1 is 1.13 bits per heavy atom. The summed E-state index contributed by atoms with van der Waals surface area (Å²) < 4.78 is 5.62. The summed E-state index contributed by atoms with van der Waals surface area (Å²) in [5.74, 6) is 0.535. The highest BCUT2D eigenvalue weighted by atomic mass is 16.5. The fourth-order valence-electron chi connectivity index (χ4n) is 2.58. The van der Waals surface area contributed by atoms with Gasteiger partial charge in [0.15, 0.2) is 0 Å². The monoisotopic (exact) mass is 318 g/mol. The van der Waals surface area contributed by atoms with Crippen molar-refractivity contribution < 1.29 is 14.3 Å². The first-order valence-electron chi connectivity index (χ1n) is 8.49. The van der Waals surface area contributed by atoms with E-state index < -0.39 is 0 Å². The number of carbonyl (C=O) groups is 2.